The Bertz CT molecular complexity index is 674. The lowest BCUT2D eigenvalue weighted by Gasteiger charge is -2.31. The molecule has 0 saturated heterocycles. The van der Waals surface area contributed by atoms with E-state index < -0.39 is 21.5 Å². The number of hydrogen-bond donors (Lipinski definition) is 1. The summed E-state index contributed by atoms with van der Waals surface area (Å²) in [5, 5.41) is 9.37. The molecule has 0 amide bonds. The Morgan fingerprint density at radius 1 is 1.43 bits per heavy atom. The van der Waals surface area contributed by atoms with Crippen LogP contribution in [0, 0.1) is 0 Å². The molecular weight excluding hydrogens is 386 g/mol. The van der Waals surface area contributed by atoms with Gasteiger partial charge in [0.05, 0.1) is 11.6 Å². The van der Waals surface area contributed by atoms with E-state index in [0.717, 1.165) is 4.31 Å². The third kappa shape index (κ3) is 3.33. The van der Waals surface area contributed by atoms with Crippen LogP contribution in [0.3, 0.4) is 0 Å². The van der Waals surface area contributed by atoms with E-state index in [0.29, 0.717) is 4.47 Å². The van der Waals surface area contributed by atoms with Gasteiger partial charge < -0.3 is 9.84 Å². The number of likely N-dealkylation sites (N-methyl/N-ethyl adjacent to an activating group) is 1. The van der Waals surface area contributed by atoms with Gasteiger partial charge in [0, 0.05) is 12.1 Å². The van der Waals surface area contributed by atoms with Crippen molar-refractivity contribution in [2.24, 2.45) is 0 Å². The molecule has 0 aliphatic carbocycles. The summed E-state index contributed by atoms with van der Waals surface area (Å²) in [6, 6.07) is 2.71. The molecule has 118 valence electrons. The molecule has 0 unspecified atom stereocenters. The van der Waals surface area contributed by atoms with Gasteiger partial charge in [-0.3, -0.25) is 4.79 Å². The van der Waals surface area contributed by atoms with Gasteiger partial charge in [0.15, 0.2) is 5.75 Å². The number of halogens is 2. The minimum Gasteiger partial charge on any atom is -0.494 e. The van der Waals surface area contributed by atoms with Crippen LogP contribution in [-0.2, 0) is 14.8 Å². The molecule has 21 heavy (non-hydrogen) atoms. The van der Waals surface area contributed by atoms with E-state index in [-0.39, 0.29) is 15.7 Å². The first-order valence-corrected chi connectivity index (χ1v) is 8.32. The molecule has 0 aromatic heterocycles. The lowest BCUT2D eigenvalue weighted by atomic mass is 10.1. The Labute approximate surface area is 136 Å². The highest BCUT2D eigenvalue weighted by atomic mass is 79.9. The van der Waals surface area contributed by atoms with Crippen LogP contribution in [0.1, 0.15) is 13.8 Å². The van der Waals surface area contributed by atoms with Crippen LogP contribution in [0.4, 0.5) is 0 Å². The smallest absolute Gasteiger partial charge is 0.324 e. The minimum absolute atomic E-state index is 0.0624. The van der Waals surface area contributed by atoms with Gasteiger partial charge in [0.2, 0.25) is 10.0 Å². The van der Waals surface area contributed by atoms with Crippen molar-refractivity contribution >= 4 is 43.5 Å². The van der Waals surface area contributed by atoms with Crippen LogP contribution in [0.15, 0.2) is 21.5 Å². The first-order valence-electron chi connectivity index (χ1n) is 5.71. The summed E-state index contributed by atoms with van der Waals surface area (Å²) in [7, 11) is -1.61. The average Bonchev–Trinajstić information content (AvgIpc) is 2.36. The van der Waals surface area contributed by atoms with Gasteiger partial charge in [-0.1, -0.05) is 11.6 Å². The number of sulfonamides is 1. The number of rotatable bonds is 5. The number of nitrogens with zero attached hydrogens (tertiary/aromatic N) is 1. The van der Waals surface area contributed by atoms with Crippen LogP contribution >= 0.6 is 27.5 Å². The van der Waals surface area contributed by atoms with Gasteiger partial charge in [0.1, 0.15) is 10.4 Å². The monoisotopic (exact) mass is 399 g/mol. The number of carboxylic acid groups (broad SMARTS) is 1. The predicted molar refractivity (Wildman–Crippen MR) is 82.4 cm³/mol. The second kappa shape index (κ2) is 6.12. The van der Waals surface area contributed by atoms with E-state index in [4.69, 9.17) is 16.3 Å². The van der Waals surface area contributed by atoms with E-state index in [1.54, 1.807) is 0 Å². The quantitative estimate of drug-likeness (QED) is 0.821. The Hall–Kier alpha value is -0.830. The molecule has 0 bridgehead atoms. The largest absolute Gasteiger partial charge is 0.494 e. The molecule has 0 fully saturated rings. The molecule has 0 atom stereocenters. The summed E-state index contributed by atoms with van der Waals surface area (Å²) in [6.45, 7) is 2.58. The van der Waals surface area contributed by atoms with Crippen molar-refractivity contribution in [3.05, 3.63) is 21.6 Å². The third-order valence-electron chi connectivity index (χ3n) is 3.13. The van der Waals surface area contributed by atoms with Gasteiger partial charge in [-0.15, -0.1) is 0 Å². The van der Waals surface area contributed by atoms with Crippen molar-refractivity contribution in [1.82, 2.24) is 4.31 Å². The van der Waals surface area contributed by atoms with Crippen LogP contribution in [0.2, 0.25) is 5.02 Å². The van der Waals surface area contributed by atoms with Crippen LogP contribution in [0.25, 0.3) is 0 Å². The summed E-state index contributed by atoms with van der Waals surface area (Å²) in [4.78, 5) is 11.0. The molecule has 0 heterocycles. The number of benzene rings is 1. The zero-order chi connectivity index (χ0) is 16.6. The molecule has 1 aromatic rings. The van der Waals surface area contributed by atoms with Gasteiger partial charge in [-0.2, -0.15) is 4.31 Å². The number of hydrogen-bond acceptors (Lipinski definition) is 4. The fourth-order valence-corrected chi connectivity index (χ4v) is 4.35. The van der Waals surface area contributed by atoms with Crippen LogP contribution in [0.5, 0.6) is 5.75 Å². The average molecular weight is 401 g/mol. The maximum atomic E-state index is 12.7. The molecule has 0 aliphatic heterocycles. The summed E-state index contributed by atoms with van der Waals surface area (Å²) < 4.78 is 31.5. The van der Waals surface area contributed by atoms with Gasteiger partial charge in [-0.05, 0) is 41.9 Å². The predicted octanol–water partition coefficient (Wildman–Crippen LogP) is 2.59. The number of aliphatic carboxylic acids is 1. The van der Waals surface area contributed by atoms with Gasteiger partial charge in [0.25, 0.3) is 0 Å². The molecule has 9 heteroatoms. The lowest BCUT2D eigenvalue weighted by Crippen LogP contribution is -2.50. The molecule has 0 radical (unpaired) electrons. The fourth-order valence-electron chi connectivity index (χ4n) is 1.51. The maximum absolute atomic E-state index is 12.7. The van der Waals surface area contributed by atoms with Crippen molar-refractivity contribution in [3.63, 3.8) is 0 Å². The van der Waals surface area contributed by atoms with E-state index in [2.05, 4.69) is 15.9 Å². The number of carboxylic acids is 1. The molecule has 0 saturated carbocycles. The third-order valence-corrected chi connectivity index (χ3v) is 5.97. The van der Waals surface area contributed by atoms with Crippen molar-refractivity contribution < 1.29 is 23.1 Å². The summed E-state index contributed by atoms with van der Waals surface area (Å²) in [5.41, 5.74) is -1.63. The normalized spacial score (nSPS) is 12.5. The topological polar surface area (TPSA) is 83.9 Å². The van der Waals surface area contributed by atoms with Crippen molar-refractivity contribution in [2.75, 3.05) is 14.2 Å². The van der Waals surface area contributed by atoms with Crippen molar-refractivity contribution in [2.45, 2.75) is 24.3 Å². The second-order valence-corrected chi connectivity index (χ2v) is 7.98. The van der Waals surface area contributed by atoms with E-state index >= 15 is 0 Å². The molecule has 1 aromatic carbocycles. The highest BCUT2D eigenvalue weighted by molar-refractivity contribution is 9.10. The minimum atomic E-state index is -4.12. The second-order valence-electron chi connectivity index (χ2n) is 4.76. The number of carbonyl (C=O) groups is 1. The SMILES string of the molecule is COc1c(Br)cc(Cl)cc1S(=O)(=O)N(C)C(C)(C)C(=O)O. The molecule has 1 rings (SSSR count). The van der Waals surface area contributed by atoms with Crippen LogP contribution in [-0.4, -0.2) is 43.5 Å². The van der Waals surface area contributed by atoms with Gasteiger partial charge >= 0.3 is 5.97 Å². The summed E-state index contributed by atoms with van der Waals surface area (Å²) in [5.74, 6) is -1.21. The molecule has 1 N–H and O–H groups in total. The van der Waals surface area contributed by atoms with E-state index in [9.17, 15) is 18.3 Å². The molecular formula is C12H15BrClNO5S. The van der Waals surface area contributed by atoms with Crippen molar-refractivity contribution in [1.29, 1.82) is 0 Å². The highest BCUT2D eigenvalue weighted by Gasteiger charge is 2.41. The number of ether oxygens (including phenoxy) is 1. The lowest BCUT2D eigenvalue weighted by molar-refractivity contribution is -0.145. The first kappa shape index (κ1) is 18.2. The van der Waals surface area contributed by atoms with E-state index in [1.807, 2.05) is 0 Å². The Balaban J connectivity index is 3.56. The standard InChI is InChI=1S/C12H15BrClNO5S/c1-12(2,11(16)17)15(3)21(18,19)9-6-7(14)5-8(13)10(9)20-4/h5-6H,1-4H3,(H,16,17). The molecule has 6 nitrogen and oxygen atoms in total. The maximum Gasteiger partial charge on any atom is 0.324 e. The van der Waals surface area contributed by atoms with Crippen molar-refractivity contribution in [3.8, 4) is 5.75 Å². The molecule has 0 aliphatic rings. The van der Waals surface area contributed by atoms with Gasteiger partial charge in [-0.25, -0.2) is 8.42 Å². The molecule has 0 spiro atoms. The fraction of sp³-hybridized carbons (Fsp3) is 0.417. The van der Waals surface area contributed by atoms with Crippen LogP contribution < -0.4 is 4.74 Å². The summed E-state index contributed by atoms with van der Waals surface area (Å²) >= 11 is 9.05. The first-order chi connectivity index (χ1) is 9.46. The van der Waals surface area contributed by atoms with E-state index in [1.165, 1.54) is 40.1 Å². The zero-order valence-electron chi connectivity index (χ0n) is 11.8. The highest BCUT2D eigenvalue weighted by Crippen LogP contribution is 2.37. The Kier molecular flexibility index (Phi) is 5.31. The number of methoxy groups -OCH3 is 1. The Morgan fingerprint density at radius 3 is 2.38 bits per heavy atom. The Morgan fingerprint density at radius 2 is 1.95 bits per heavy atom. The summed E-state index contributed by atoms with van der Waals surface area (Å²) in [6.07, 6.45) is 0. The zero-order valence-corrected chi connectivity index (χ0v) is 15.0.